The van der Waals surface area contributed by atoms with E-state index in [4.69, 9.17) is 9.47 Å². The van der Waals surface area contributed by atoms with E-state index in [0.717, 1.165) is 19.3 Å². The number of anilines is 1. The first-order valence-electron chi connectivity index (χ1n) is 7.98. The molecule has 2 aromatic carbocycles. The van der Waals surface area contributed by atoms with E-state index < -0.39 is 0 Å². The van der Waals surface area contributed by atoms with Crippen molar-refractivity contribution in [1.29, 1.82) is 0 Å². The zero-order valence-electron chi connectivity index (χ0n) is 14.7. The molecule has 4 nitrogen and oxygen atoms in total. The summed E-state index contributed by atoms with van der Waals surface area (Å²) in [5.74, 6) is 1.33. The summed E-state index contributed by atoms with van der Waals surface area (Å²) in [6.45, 7) is 6.60. The topological polar surface area (TPSA) is 47.6 Å². The molecule has 0 bridgehead atoms. The molecule has 0 fully saturated rings. The lowest BCUT2D eigenvalue weighted by atomic mass is 10.0. The van der Waals surface area contributed by atoms with E-state index in [2.05, 4.69) is 57.7 Å². The summed E-state index contributed by atoms with van der Waals surface area (Å²) in [7, 11) is 1.59. The number of methoxy groups -OCH3 is 1. The zero-order valence-corrected chi connectivity index (χ0v) is 18.4. The van der Waals surface area contributed by atoms with E-state index >= 15 is 0 Å². The molecule has 0 spiro atoms. The van der Waals surface area contributed by atoms with E-state index in [1.54, 1.807) is 19.2 Å². The molecule has 1 amide bonds. The molecule has 0 aliphatic heterocycles. The highest BCUT2D eigenvalue weighted by Crippen LogP contribution is 2.34. The quantitative estimate of drug-likeness (QED) is 0.490. The molecular weight excluding hydrogens is 497 g/mol. The van der Waals surface area contributed by atoms with E-state index in [1.807, 2.05) is 25.1 Å². The summed E-state index contributed by atoms with van der Waals surface area (Å²) in [5.41, 5.74) is 2.43. The van der Waals surface area contributed by atoms with Gasteiger partial charge in [-0.15, -0.1) is 0 Å². The average Bonchev–Trinajstić information content (AvgIpc) is 2.56. The largest absolute Gasteiger partial charge is 0.492 e. The second-order valence-corrected chi connectivity index (χ2v) is 7.84. The van der Waals surface area contributed by atoms with Gasteiger partial charge in [-0.1, -0.05) is 29.8 Å². The van der Waals surface area contributed by atoms with Gasteiger partial charge in [0.15, 0.2) is 11.5 Å². The molecular formula is C19H21BrINO3. The average molecular weight is 518 g/mol. The lowest BCUT2D eigenvalue weighted by Gasteiger charge is -2.16. The van der Waals surface area contributed by atoms with Gasteiger partial charge in [-0.3, -0.25) is 4.79 Å². The molecule has 25 heavy (non-hydrogen) atoms. The Balaban J connectivity index is 2.36. The summed E-state index contributed by atoms with van der Waals surface area (Å²) in [4.78, 5) is 12.8. The lowest BCUT2D eigenvalue weighted by molar-refractivity contribution is 0.102. The van der Waals surface area contributed by atoms with Crippen LogP contribution in [0, 0.1) is 3.57 Å². The van der Waals surface area contributed by atoms with E-state index in [0.29, 0.717) is 29.6 Å². The van der Waals surface area contributed by atoms with Gasteiger partial charge in [-0.2, -0.15) is 0 Å². The van der Waals surface area contributed by atoms with Gasteiger partial charge >= 0.3 is 0 Å². The van der Waals surface area contributed by atoms with Gasteiger partial charge in [0.05, 0.1) is 17.3 Å². The number of hydrogen-bond donors (Lipinski definition) is 1. The minimum Gasteiger partial charge on any atom is -0.492 e. The van der Waals surface area contributed by atoms with Crippen LogP contribution in [-0.4, -0.2) is 19.6 Å². The van der Waals surface area contributed by atoms with Crippen molar-refractivity contribution < 1.29 is 14.3 Å². The molecule has 0 atom stereocenters. The van der Waals surface area contributed by atoms with Crippen LogP contribution < -0.4 is 14.8 Å². The van der Waals surface area contributed by atoms with Crippen LogP contribution in [0.1, 0.15) is 42.6 Å². The summed E-state index contributed by atoms with van der Waals surface area (Å²) in [6.07, 6.45) is 0. The Kier molecular flexibility index (Phi) is 7.13. The molecule has 0 radical (unpaired) electrons. The second-order valence-electron chi connectivity index (χ2n) is 5.76. The highest BCUT2D eigenvalue weighted by molar-refractivity contribution is 14.1. The first kappa shape index (κ1) is 20.0. The van der Waals surface area contributed by atoms with Crippen LogP contribution in [0.2, 0.25) is 0 Å². The lowest BCUT2D eigenvalue weighted by Crippen LogP contribution is -2.14. The predicted octanol–water partition coefficient (Wildman–Crippen LogP) is 5.84. The van der Waals surface area contributed by atoms with Crippen molar-refractivity contribution in [3.05, 3.63) is 49.5 Å². The molecule has 1 N–H and O–H groups in total. The van der Waals surface area contributed by atoms with Crippen LogP contribution in [0.5, 0.6) is 11.5 Å². The maximum atomic E-state index is 12.8. The normalized spacial score (nSPS) is 10.7. The van der Waals surface area contributed by atoms with Gasteiger partial charge in [-0.25, -0.2) is 0 Å². The molecule has 0 aromatic heterocycles. The van der Waals surface area contributed by atoms with Gasteiger partial charge in [0, 0.05) is 15.7 Å². The molecule has 0 aliphatic carbocycles. The van der Waals surface area contributed by atoms with Crippen molar-refractivity contribution in [3.63, 3.8) is 0 Å². The van der Waals surface area contributed by atoms with Gasteiger partial charge < -0.3 is 14.8 Å². The fourth-order valence-corrected chi connectivity index (χ4v) is 3.68. The minimum absolute atomic E-state index is 0.175. The number of halogens is 2. The summed E-state index contributed by atoms with van der Waals surface area (Å²) < 4.78 is 12.8. The fraction of sp³-hybridized carbons (Fsp3) is 0.316. The van der Waals surface area contributed by atoms with Crippen molar-refractivity contribution in [2.75, 3.05) is 19.0 Å². The maximum absolute atomic E-state index is 12.8. The molecule has 0 saturated carbocycles. The van der Waals surface area contributed by atoms with Crippen molar-refractivity contribution in [1.82, 2.24) is 0 Å². The Morgan fingerprint density at radius 2 is 2.00 bits per heavy atom. The SMILES string of the molecule is CCOc1cc(C(=O)Nc2ccc(Br)cc2C(C)C)cc(I)c1OC. The fourth-order valence-electron chi connectivity index (χ4n) is 2.48. The molecule has 2 aromatic rings. The minimum atomic E-state index is -0.175. The molecule has 0 aliphatic rings. The third kappa shape index (κ3) is 4.88. The first-order chi connectivity index (χ1) is 11.9. The monoisotopic (exact) mass is 517 g/mol. The first-order valence-corrected chi connectivity index (χ1v) is 9.85. The maximum Gasteiger partial charge on any atom is 0.255 e. The van der Waals surface area contributed by atoms with Gasteiger partial charge in [0.2, 0.25) is 0 Å². The molecule has 6 heteroatoms. The Labute approximate surface area is 170 Å². The van der Waals surface area contributed by atoms with E-state index in [9.17, 15) is 4.79 Å². The zero-order chi connectivity index (χ0) is 18.6. The van der Waals surface area contributed by atoms with E-state index in [-0.39, 0.29) is 5.91 Å². The van der Waals surface area contributed by atoms with Crippen LogP contribution >= 0.6 is 38.5 Å². The van der Waals surface area contributed by atoms with Crippen LogP contribution in [0.3, 0.4) is 0 Å². The highest BCUT2D eigenvalue weighted by atomic mass is 127. The number of ether oxygens (including phenoxy) is 2. The van der Waals surface area contributed by atoms with Crippen molar-refractivity contribution in [2.45, 2.75) is 26.7 Å². The third-order valence-corrected chi connectivity index (χ3v) is 4.95. The van der Waals surface area contributed by atoms with Crippen molar-refractivity contribution in [2.24, 2.45) is 0 Å². The van der Waals surface area contributed by atoms with Crippen molar-refractivity contribution >= 4 is 50.1 Å². The Bertz CT molecular complexity index is 778. The Hall–Kier alpha value is -1.28. The van der Waals surface area contributed by atoms with E-state index in [1.165, 1.54) is 0 Å². The third-order valence-electron chi connectivity index (χ3n) is 3.66. The van der Waals surface area contributed by atoms with Crippen LogP contribution in [-0.2, 0) is 0 Å². The number of carbonyl (C=O) groups excluding carboxylic acids is 1. The molecule has 0 saturated heterocycles. The van der Waals surface area contributed by atoms with Crippen LogP contribution in [0.25, 0.3) is 0 Å². The number of hydrogen-bond acceptors (Lipinski definition) is 3. The highest BCUT2D eigenvalue weighted by Gasteiger charge is 2.17. The second kappa shape index (κ2) is 8.89. The van der Waals surface area contributed by atoms with Crippen molar-refractivity contribution in [3.8, 4) is 11.5 Å². The molecule has 0 unspecified atom stereocenters. The standard InChI is InChI=1S/C19H21BrINO3/c1-5-25-17-9-12(8-15(21)18(17)24-4)19(23)22-16-7-6-13(20)10-14(16)11(2)3/h6-11H,5H2,1-4H3,(H,22,23). The van der Waals surface area contributed by atoms with Crippen LogP contribution in [0.4, 0.5) is 5.69 Å². The number of amides is 1. The van der Waals surface area contributed by atoms with Gasteiger partial charge in [0.1, 0.15) is 0 Å². The van der Waals surface area contributed by atoms with Crippen LogP contribution in [0.15, 0.2) is 34.8 Å². The number of carbonyl (C=O) groups is 1. The molecule has 134 valence electrons. The number of rotatable bonds is 6. The Morgan fingerprint density at radius 3 is 2.60 bits per heavy atom. The summed E-state index contributed by atoms with van der Waals surface area (Å²) in [6, 6.07) is 9.38. The smallest absolute Gasteiger partial charge is 0.255 e. The number of nitrogens with one attached hydrogen (secondary N) is 1. The predicted molar refractivity (Wildman–Crippen MR) is 113 cm³/mol. The summed E-state index contributed by atoms with van der Waals surface area (Å²) in [5, 5.41) is 3.01. The number of benzene rings is 2. The molecule has 2 rings (SSSR count). The Morgan fingerprint density at radius 1 is 1.28 bits per heavy atom. The van der Waals surface area contributed by atoms with Gasteiger partial charge in [-0.05, 0) is 71.3 Å². The summed E-state index contributed by atoms with van der Waals surface area (Å²) >= 11 is 5.63. The molecule has 0 heterocycles. The van der Waals surface area contributed by atoms with Gasteiger partial charge in [0.25, 0.3) is 5.91 Å².